The molecule has 0 aromatic heterocycles. The predicted octanol–water partition coefficient (Wildman–Crippen LogP) is 3.95. The van der Waals surface area contributed by atoms with Gasteiger partial charge in [0.15, 0.2) is 0 Å². The smallest absolute Gasteiger partial charge is 0.00965 e. The van der Waals surface area contributed by atoms with E-state index in [1.54, 1.807) is 0 Å². The first kappa shape index (κ1) is 14.2. The van der Waals surface area contributed by atoms with E-state index in [0.29, 0.717) is 0 Å². The molecule has 0 aliphatic heterocycles. The quantitative estimate of drug-likeness (QED) is 0.812. The monoisotopic (exact) mass is 233 g/mol. The number of hydrogen-bond acceptors (Lipinski definition) is 1. The summed E-state index contributed by atoms with van der Waals surface area (Å²) in [4.78, 5) is 0. The minimum absolute atomic E-state index is 0.239. The lowest BCUT2D eigenvalue weighted by atomic mass is 9.96. The molecule has 0 aliphatic rings. The fourth-order valence-electron chi connectivity index (χ4n) is 2.04. The van der Waals surface area contributed by atoms with Gasteiger partial charge >= 0.3 is 0 Å². The van der Waals surface area contributed by atoms with Crippen LogP contribution in [0.25, 0.3) is 0 Å². The third-order valence-electron chi connectivity index (χ3n) is 2.96. The standard InChI is InChI=1S/C16H27N/c1-13-7-6-8-15(11-13)12-14(2)9-10-17-16(3,4)5/h6-8,11,14,17H,9-10,12H2,1-5H3. The Morgan fingerprint density at radius 3 is 2.53 bits per heavy atom. The summed E-state index contributed by atoms with van der Waals surface area (Å²) in [5.41, 5.74) is 3.07. The molecule has 0 saturated heterocycles. The van der Waals surface area contributed by atoms with Gasteiger partial charge in [-0.05, 0) is 58.6 Å². The second-order valence-electron chi connectivity index (χ2n) is 6.26. The van der Waals surface area contributed by atoms with E-state index in [9.17, 15) is 0 Å². The average molecular weight is 233 g/mol. The molecule has 0 saturated carbocycles. The van der Waals surface area contributed by atoms with E-state index in [4.69, 9.17) is 0 Å². The first-order valence-electron chi connectivity index (χ1n) is 6.67. The fraction of sp³-hybridized carbons (Fsp3) is 0.625. The normalized spacial score (nSPS) is 13.7. The highest BCUT2D eigenvalue weighted by atomic mass is 14.9. The molecule has 1 heteroatoms. The Bertz CT molecular complexity index is 336. The SMILES string of the molecule is Cc1cccc(CC(C)CCNC(C)(C)C)c1. The highest BCUT2D eigenvalue weighted by Gasteiger charge is 2.09. The molecule has 96 valence electrons. The van der Waals surface area contributed by atoms with Crippen LogP contribution in [-0.4, -0.2) is 12.1 Å². The van der Waals surface area contributed by atoms with Crippen molar-refractivity contribution in [1.82, 2.24) is 5.32 Å². The van der Waals surface area contributed by atoms with E-state index in [2.05, 4.69) is 64.2 Å². The van der Waals surface area contributed by atoms with Gasteiger partial charge in [0.05, 0.1) is 0 Å². The van der Waals surface area contributed by atoms with Crippen molar-refractivity contribution in [2.24, 2.45) is 5.92 Å². The predicted molar refractivity (Wildman–Crippen MR) is 76.4 cm³/mol. The van der Waals surface area contributed by atoms with Crippen molar-refractivity contribution in [2.75, 3.05) is 6.54 Å². The third kappa shape index (κ3) is 6.48. The van der Waals surface area contributed by atoms with Gasteiger partial charge in [0.2, 0.25) is 0 Å². The molecule has 1 atom stereocenters. The Morgan fingerprint density at radius 2 is 1.94 bits per heavy atom. The Hall–Kier alpha value is -0.820. The van der Waals surface area contributed by atoms with Crippen LogP contribution < -0.4 is 5.32 Å². The first-order chi connectivity index (χ1) is 7.87. The molecule has 0 heterocycles. The molecule has 1 N–H and O–H groups in total. The van der Waals surface area contributed by atoms with Crippen LogP contribution in [0.3, 0.4) is 0 Å². The van der Waals surface area contributed by atoms with Crippen LogP contribution >= 0.6 is 0 Å². The Labute approximate surface area is 107 Å². The second kappa shape index (κ2) is 6.20. The minimum Gasteiger partial charge on any atom is -0.312 e. The van der Waals surface area contributed by atoms with Gasteiger partial charge in [-0.15, -0.1) is 0 Å². The van der Waals surface area contributed by atoms with Crippen molar-refractivity contribution < 1.29 is 0 Å². The van der Waals surface area contributed by atoms with E-state index in [0.717, 1.165) is 12.5 Å². The topological polar surface area (TPSA) is 12.0 Å². The van der Waals surface area contributed by atoms with Crippen LogP contribution in [-0.2, 0) is 6.42 Å². The molecule has 0 radical (unpaired) electrons. The zero-order valence-corrected chi connectivity index (χ0v) is 12.0. The van der Waals surface area contributed by atoms with Gasteiger partial charge in [-0.25, -0.2) is 0 Å². The summed E-state index contributed by atoms with van der Waals surface area (Å²) in [6, 6.07) is 8.86. The Morgan fingerprint density at radius 1 is 1.24 bits per heavy atom. The van der Waals surface area contributed by atoms with Crippen LogP contribution in [0.2, 0.25) is 0 Å². The summed E-state index contributed by atoms with van der Waals surface area (Å²) in [6.07, 6.45) is 2.43. The van der Waals surface area contributed by atoms with Crippen LogP contribution in [0.1, 0.15) is 45.2 Å². The molecular formula is C16H27N. The second-order valence-corrected chi connectivity index (χ2v) is 6.26. The highest BCUT2D eigenvalue weighted by Crippen LogP contribution is 2.13. The summed E-state index contributed by atoms with van der Waals surface area (Å²) < 4.78 is 0. The van der Waals surface area contributed by atoms with Crippen molar-refractivity contribution in [3.05, 3.63) is 35.4 Å². The van der Waals surface area contributed by atoms with Crippen LogP contribution in [0.4, 0.5) is 0 Å². The maximum absolute atomic E-state index is 3.55. The number of aryl methyl sites for hydroxylation is 1. The summed E-state index contributed by atoms with van der Waals surface area (Å²) in [5, 5.41) is 3.55. The molecule has 0 bridgehead atoms. The number of hydrogen-bond donors (Lipinski definition) is 1. The molecule has 1 unspecified atom stereocenters. The van der Waals surface area contributed by atoms with Gasteiger partial charge in [0.25, 0.3) is 0 Å². The molecule has 0 amide bonds. The highest BCUT2D eigenvalue weighted by molar-refractivity contribution is 5.22. The van der Waals surface area contributed by atoms with E-state index < -0.39 is 0 Å². The summed E-state index contributed by atoms with van der Waals surface area (Å²) in [7, 11) is 0. The van der Waals surface area contributed by atoms with Gasteiger partial charge in [-0.1, -0.05) is 36.8 Å². The van der Waals surface area contributed by atoms with Gasteiger partial charge in [-0.2, -0.15) is 0 Å². The molecule has 1 aromatic rings. The molecular weight excluding hydrogens is 206 g/mol. The largest absolute Gasteiger partial charge is 0.312 e. The number of nitrogens with one attached hydrogen (secondary N) is 1. The van der Waals surface area contributed by atoms with E-state index in [-0.39, 0.29) is 5.54 Å². The van der Waals surface area contributed by atoms with E-state index >= 15 is 0 Å². The number of rotatable bonds is 5. The van der Waals surface area contributed by atoms with Crippen molar-refractivity contribution in [2.45, 2.75) is 53.0 Å². The maximum Gasteiger partial charge on any atom is 0.00965 e. The lowest BCUT2D eigenvalue weighted by Crippen LogP contribution is -2.37. The van der Waals surface area contributed by atoms with E-state index in [1.807, 2.05) is 0 Å². The summed E-state index contributed by atoms with van der Waals surface area (Å²) in [5.74, 6) is 0.742. The Balaban J connectivity index is 2.32. The Kier molecular flexibility index (Phi) is 5.20. The molecule has 0 fully saturated rings. The zero-order valence-electron chi connectivity index (χ0n) is 12.0. The summed E-state index contributed by atoms with van der Waals surface area (Å²) in [6.45, 7) is 12.3. The molecule has 0 spiro atoms. The maximum atomic E-state index is 3.55. The van der Waals surface area contributed by atoms with Crippen LogP contribution in [0, 0.1) is 12.8 Å². The van der Waals surface area contributed by atoms with Crippen molar-refractivity contribution >= 4 is 0 Å². The van der Waals surface area contributed by atoms with Crippen LogP contribution in [0.5, 0.6) is 0 Å². The van der Waals surface area contributed by atoms with Crippen molar-refractivity contribution in [1.29, 1.82) is 0 Å². The lowest BCUT2D eigenvalue weighted by molar-refractivity contribution is 0.394. The van der Waals surface area contributed by atoms with Gasteiger partial charge < -0.3 is 5.32 Å². The average Bonchev–Trinajstić information content (AvgIpc) is 2.15. The van der Waals surface area contributed by atoms with Gasteiger partial charge in [-0.3, -0.25) is 0 Å². The molecule has 17 heavy (non-hydrogen) atoms. The molecule has 1 nitrogen and oxygen atoms in total. The van der Waals surface area contributed by atoms with Crippen LogP contribution in [0.15, 0.2) is 24.3 Å². The van der Waals surface area contributed by atoms with Gasteiger partial charge in [0, 0.05) is 5.54 Å². The first-order valence-corrected chi connectivity index (χ1v) is 6.67. The molecule has 1 aromatic carbocycles. The third-order valence-corrected chi connectivity index (χ3v) is 2.96. The lowest BCUT2D eigenvalue weighted by Gasteiger charge is -2.22. The molecule has 1 rings (SSSR count). The summed E-state index contributed by atoms with van der Waals surface area (Å²) >= 11 is 0. The van der Waals surface area contributed by atoms with Crippen molar-refractivity contribution in [3.63, 3.8) is 0 Å². The van der Waals surface area contributed by atoms with Crippen molar-refractivity contribution in [3.8, 4) is 0 Å². The van der Waals surface area contributed by atoms with Gasteiger partial charge in [0.1, 0.15) is 0 Å². The number of benzene rings is 1. The van der Waals surface area contributed by atoms with E-state index in [1.165, 1.54) is 24.0 Å². The molecule has 0 aliphatic carbocycles. The fourth-order valence-corrected chi connectivity index (χ4v) is 2.04. The minimum atomic E-state index is 0.239. The zero-order chi connectivity index (χ0) is 12.9.